The van der Waals surface area contributed by atoms with E-state index in [0.29, 0.717) is 4.31 Å². The van der Waals surface area contributed by atoms with E-state index in [4.69, 9.17) is 22.8 Å². The van der Waals surface area contributed by atoms with E-state index < -0.39 is 51.4 Å². The zero-order valence-corrected chi connectivity index (χ0v) is 20.3. The maximum Gasteiger partial charge on any atom is 0.270 e. The summed E-state index contributed by atoms with van der Waals surface area (Å²) in [6, 6.07) is 5.18. The van der Waals surface area contributed by atoms with Crippen molar-refractivity contribution in [1.29, 1.82) is 0 Å². The predicted octanol–water partition coefficient (Wildman–Crippen LogP) is 4.34. The third kappa shape index (κ3) is 4.69. The number of halogens is 4. The van der Waals surface area contributed by atoms with E-state index in [2.05, 4.69) is 26.4 Å². The third-order valence-electron chi connectivity index (χ3n) is 5.17. The molecule has 0 saturated carbocycles. The maximum absolute atomic E-state index is 15.8. The number of anilines is 2. The molecule has 190 valence electrons. The number of aromatic nitrogens is 3. The first-order chi connectivity index (χ1) is 17.7. The van der Waals surface area contributed by atoms with Gasteiger partial charge in [-0.25, -0.2) is 26.7 Å². The molecule has 0 bridgehead atoms. The van der Waals surface area contributed by atoms with Crippen molar-refractivity contribution in [2.24, 2.45) is 0 Å². The number of carbonyl (C=O) groups is 1. The molecule has 3 N–H and O–H groups in total. The zero-order valence-electron chi connectivity index (χ0n) is 18.7. The van der Waals surface area contributed by atoms with Crippen LogP contribution in [0.1, 0.15) is 10.5 Å². The number of aromatic amines is 1. The average molecular weight is 550 g/mol. The van der Waals surface area contributed by atoms with Crippen molar-refractivity contribution >= 4 is 51.1 Å². The van der Waals surface area contributed by atoms with Crippen LogP contribution in [0.3, 0.4) is 0 Å². The van der Waals surface area contributed by atoms with Gasteiger partial charge in [0.2, 0.25) is 5.88 Å². The van der Waals surface area contributed by atoms with Crippen molar-refractivity contribution in [3.05, 3.63) is 64.7 Å². The summed E-state index contributed by atoms with van der Waals surface area (Å²) in [6.07, 6.45) is 6.31. The smallest absolute Gasteiger partial charge is 0.270 e. The van der Waals surface area contributed by atoms with E-state index >= 15 is 8.78 Å². The molecule has 1 atom stereocenters. The van der Waals surface area contributed by atoms with Gasteiger partial charge in [0, 0.05) is 17.1 Å². The first-order valence-corrected chi connectivity index (χ1v) is 11.6. The third-order valence-corrected chi connectivity index (χ3v) is 6.08. The Morgan fingerprint density at radius 3 is 2.70 bits per heavy atom. The largest absolute Gasteiger partial charge is 0.479 e. The van der Waals surface area contributed by atoms with Gasteiger partial charge in [0.05, 0.1) is 29.9 Å². The number of terminal acetylenes is 1. The summed E-state index contributed by atoms with van der Waals surface area (Å²) in [5.74, 6) is -2.29. The Morgan fingerprint density at radius 2 is 2.03 bits per heavy atom. The molecule has 9 nitrogen and oxygen atoms in total. The topological polar surface area (TPSA) is 120 Å². The van der Waals surface area contributed by atoms with Crippen LogP contribution in [0.5, 0.6) is 5.88 Å². The van der Waals surface area contributed by atoms with Gasteiger partial charge in [0.25, 0.3) is 17.2 Å². The first kappa shape index (κ1) is 26.0. The molecule has 0 fully saturated rings. The lowest BCUT2D eigenvalue weighted by atomic mass is 10.0. The lowest BCUT2D eigenvalue weighted by molar-refractivity contribution is 0.0955. The number of amides is 1. The van der Waals surface area contributed by atoms with Crippen LogP contribution in [0, 0.1) is 29.8 Å². The predicted molar refractivity (Wildman–Crippen MR) is 131 cm³/mol. The highest BCUT2D eigenvalue weighted by molar-refractivity contribution is 7.81. The van der Waals surface area contributed by atoms with Crippen molar-refractivity contribution in [2.75, 3.05) is 18.0 Å². The minimum absolute atomic E-state index is 0.0334. The molecule has 0 aliphatic carbocycles. The highest BCUT2D eigenvalue weighted by atomic mass is 35.5. The molecule has 2 aromatic carbocycles. The van der Waals surface area contributed by atoms with Crippen molar-refractivity contribution in [3.8, 4) is 29.4 Å². The number of H-pyrrole nitrogens is 1. The van der Waals surface area contributed by atoms with Gasteiger partial charge in [-0.3, -0.25) is 14.4 Å². The number of ether oxygens (including phenoxy) is 1. The number of rotatable bonds is 7. The Labute approximate surface area is 215 Å². The number of hydrogen-bond donors (Lipinski definition) is 3. The quantitative estimate of drug-likeness (QED) is 0.233. The van der Waals surface area contributed by atoms with Crippen molar-refractivity contribution in [2.45, 2.75) is 0 Å². The highest BCUT2D eigenvalue weighted by Crippen LogP contribution is 2.41. The summed E-state index contributed by atoms with van der Waals surface area (Å²) >= 11 is 3.04. The standard InChI is InChI=1S/C23H15ClF3N5O4S/c1-3-8-28-22(33)21-13-5-4-12(18(26)20(13)30-31-21)17-14(25)6-7-15(19(17)27)32(37(34)35)16-9-11(24)10-29-23(16)36-2/h1,4-7,9-10H,8H2,2H3,(H,28,33)(H,30,31)(H,34,35). The molecule has 14 heteroatoms. The van der Waals surface area contributed by atoms with E-state index in [-0.39, 0.29) is 39.7 Å². The fourth-order valence-electron chi connectivity index (χ4n) is 3.60. The minimum Gasteiger partial charge on any atom is -0.479 e. The average Bonchev–Trinajstić information content (AvgIpc) is 3.30. The highest BCUT2D eigenvalue weighted by Gasteiger charge is 2.29. The van der Waals surface area contributed by atoms with Crippen LogP contribution in [-0.4, -0.2) is 43.5 Å². The van der Waals surface area contributed by atoms with Crippen LogP contribution in [0.2, 0.25) is 5.02 Å². The Balaban J connectivity index is 1.89. The van der Waals surface area contributed by atoms with Gasteiger partial charge in [-0.2, -0.15) is 5.10 Å². The van der Waals surface area contributed by atoms with E-state index in [9.17, 15) is 17.9 Å². The number of carbonyl (C=O) groups excluding carboxylic acids is 1. The van der Waals surface area contributed by atoms with E-state index in [1.165, 1.54) is 25.4 Å². The molecular formula is C23H15ClF3N5O4S. The molecule has 2 heterocycles. The summed E-state index contributed by atoms with van der Waals surface area (Å²) in [6.45, 7) is -0.0845. The molecule has 1 unspecified atom stereocenters. The van der Waals surface area contributed by atoms with Crippen LogP contribution in [0.4, 0.5) is 24.5 Å². The number of fused-ring (bicyclic) bond motifs is 1. The van der Waals surface area contributed by atoms with Gasteiger partial charge in [0.1, 0.15) is 22.7 Å². The Morgan fingerprint density at radius 1 is 1.27 bits per heavy atom. The summed E-state index contributed by atoms with van der Waals surface area (Å²) in [4.78, 5) is 16.1. The fraction of sp³-hybridized carbons (Fsp3) is 0.0870. The summed E-state index contributed by atoms with van der Waals surface area (Å²) in [7, 11) is 1.22. The Bertz CT molecular complexity index is 1610. The number of hydrogen-bond acceptors (Lipinski definition) is 5. The first-order valence-electron chi connectivity index (χ1n) is 10.2. The van der Waals surface area contributed by atoms with Crippen LogP contribution in [0.25, 0.3) is 22.0 Å². The van der Waals surface area contributed by atoms with E-state index in [1.54, 1.807) is 0 Å². The van der Waals surface area contributed by atoms with Crippen molar-refractivity contribution in [3.63, 3.8) is 0 Å². The van der Waals surface area contributed by atoms with Gasteiger partial charge >= 0.3 is 0 Å². The van der Waals surface area contributed by atoms with Gasteiger partial charge in [-0.15, -0.1) is 6.42 Å². The minimum atomic E-state index is -2.92. The SMILES string of the molecule is C#CCNC(=O)c1[nH]nc2c(F)c(-c3c(F)ccc(N(c4cc(Cl)cnc4OC)S(=O)O)c3F)ccc12. The number of pyridine rings is 1. The molecule has 4 rings (SSSR count). The number of nitrogens with one attached hydrogen (secondary N) is 2. The van der Waals surface area contributed by atoms with Gasteiger partial charge in [-0.05, 0) is 24.3 Å². The molecule has 4 aromatic rings. The Hall–Kier alpha value is -4.12. The van der Waals surface area contributed by atoms with E-state index in [0.717, 1.165) is 18.2 Å². The summed E-state index contributed by atoms with van der Waals surface area (Å²) in [5, 5.41) is 8.62. The van der Waals surface area contributed by atoms with Gasteiger partial charge < -0.3 is 10.1 Å². The second-order valence-corrected chi connectivity index (χ2v) is 8.53. The molecule has 0 aliphatic heterocycles. The lowest BCUT2D eigenvalue weighted by Gasteiger charge is -2.23. The van der Waals surface area contributed by atoms with Gasteiger partial charge in [-0.1, -0.05) is 23.6 Å². The van der Waals surface area contributed by atoms with Crippen molar-refractivity contribution < 1.29 is 31.5 Å². The molecule has 1 amide bonds. The zero-order chi connectivity index (χ0) is 26.9. The molecule has 0 aliphatic rings. The van der Waals surface area contributed by atoms with E-state index in [1.807, 2.05) is 0 Å². The number of methoxy groups -OCH3 is 1. The van der Waals surface area contributed by atoms with Crippen LogP contribution in [0.15, 0.2) is 36.5 Å². The normalized spacial score (nSPS) is 11.7. The molecular weight excluding hydrogens is 535 g/mol. The molecule has 0 saturated heterocycles. The van der Waals surface area contributed by atoms with Crippen LogP contribution < -0.4 is 14.4 Å². The lowest BCUT2D eigenvalue weighted by Crippen LogP contribution is -2.24. The summed E-state index contributed by atoms with van der Waals surface area (Å²) < 4.78 is 74.1. The number of benzene rings is 2. The second kappa shape index (κ2) is 10.5. The van der Waals surface area contributed by atoms with Crippen LogP contribution >= 0.6 is 11.6 Å². The van der Waals surface area contributed by atoms with Crippen LogP contribution in [-0.2, 0) is 11.3 Å². The van der Waals surface area contributed by atoms with Gasteiger partial charge in [0.15, 0.2) is 11.6 Å². The maximum atomic E-state index is 15.8. The molecule has 2 aromatic heterocycles. The molecule has 37 heavy (non-hydrogen) atoms. The monoisotopic (exact) mass is 549 g/mol. The number of nitrogens with zero attached hydrogens (tertiary/aromatic N) is 3. The second-order valence-electron chi connectivity index (χ2n) is 7.27. The molecule has 0 spiro atoms. The summed E-state index contributed by atoms with van der Waals surface area (Å²) in [5.41, 5.74) is -2.67. The Kier molecular flexibility index (Phi) is 7.35. The van der Waals surface area contributed by atoms with Crippen molar-refractivity contribution in [1.82, 2.24) is 20.5 Å². The fourth-order valence-corrected chi connectivity index (χ4v) is 4.36. The molecule has 0 radical (unpaired) electrons.